The molecule has 0 spiro atoms. The molecule has 0 radical (unpaired) electrons. The van der Waals surface area contributed by atoms with Crippen molar-refractivity contribution in [1.82, 2.24) is 20.3 Å². The Kier molecular flexibility index (Phi) is 5.37. The minimum absolute atomic E-state index is 0.0537. The summed E-state index contributed by atoms with van der Waals surface area (Å²) in [7, 11) is 1.51. The molecule has 0 aliphatic rings. The van der Waals surface area contributed by atoms with Crippen molar-refractivity contribution >= 4 is 17.5 Å². The average Bonchev–Trinajstić information content (AvgIpc) is 3.05. The van der Waals surface area contributed by atoms with Crippen LogP contribution in [0.15, 0.2) is 36.4 Å². The first kappa shape index (κ1) is 17.7. The highest BCUT2D eigenvalue weighted by molar-refractivity contribution is 6.31. The van der Waals surface area contributed by atoms with Gasteiger partial charge in [0.15, 0.2) is 11.5 Å². The number of methoxy groups -OCH3 is 1. The van der Waals surface area contributed by atoms with Gasteiger partial charge in [0.1, 0.15) is 12.4 Å². The maximum atomic E-state index is 13.7. The van der Waals surface area contributed by atoms with Crippen LogP contribution < -0.4 is 20.6 Å². The lowest BCUT2D eigenvalue weighted by atomic mass is 10.2. The zero-order valence-corrected chi connectivity index (χ0v) is 14.6. The molecule has 0 aliphatic carbocycles. The van der Waals surface area contributed by atoms with Crippen LogP contribution in [0, 0.1) is 5.82 Å². The van der Waals surface area contributed by atoms with Gasteiger partial charge in [0, 0.05) is 16.7 Å². The average molecular weight is 379 g/mol. The molecule has 0 bridgehead atoms. The molecular formula is C16H16ClFN6O2. The second-order valence-corrected chi connectivity index (χ2v) is 5.67. The Labute approximate surface area is 153 Å². The minimum atomic E-state index is -0.336. The van der Waals surface area contributed by atoms with Crippen LogP contribution in [-0.2, 0) is 13.2 Å². The highest BCUT2D eigenvalue weighted by Gasteiger charge is 2.12. The van der Waals surface area contributed by atoms with Gasteiger partial charge in [-0.05, 0) is 28.1 Å². The van der Waals surface area contributed by atoms with Gasteiger partial charge in [0.2, 0.25) is 0 Å². The van der Waals surface area contributed by atoms with E-state index in [1.807, 2.05) is 0 Å². The van der Waals surface area contributed by atoms with Gasteiger partial charge in [-0.2, -0.15) is 0 Å². The predicted molar refractivity (Wildman–Crippen MR) is 94.0 cm³/mol. The molecular weight excluding hydrogens is 363 g/mol. The molecule has 10 heteroatoms. The van der Waals surface area contributed by atoms with Crippen LogP contribution in [0.25, 0.3) is 0 Å². The number of anilines is 1. The van der Waals surface area contributed by atoms with E-state index in [0.29, 0.717) is 28.6 Å². The standard InChI is InChI=1S/C16H16ClFN6O2/c1-25-14-6-11(8-20-24-16(19)21-22-23-24)12(17)7-15(14)26-9-10-4-2-3-5-13(10)18/h2-7,20H,8-9H2,1H3,(H2,19,21,23). The normalized spacial score (nSPS) is 10.6. The van der Waals surface area contributed by atoms with Gasteiger partial charge < -0.3 is 20.6 Å². The molecule has 2 aromatic carbocycles. The van der Waals surface area contributed by atoms with Crippen molar-refractivity contribution in [1.29, 1.82) is 0 Å². The third kappa shape index (κ3) is 3.94. The number of hydrogen-bond acceptors (Lipinski definition) is 7. The Hall–Kier alpha value is -3.07. The van der Waals surface area contributed by atoms with Crippen LogP contribution in [0.1, 0.15) is 11.1 Å². The largest absolute Gasteiger partial charge is 0.493 e. The number of halogens is 2. The third-order valence-corrected chi connectivity index (χ3v) is 3.94. The van der Waals surface area contributed by atoms with E-state index in [1.165, 1.54) is 18.0 Å². The molecule has 0 fully saturated rings. The monoisotopic (exact) mass is 378 g/mol. The molecule has 3 aromatic rings. The number of aromatic nitrogens is 4. The van der Waals surface area contributed by atoms with Crippen LogP contribution in [0.2, 0.25) is 5.02 Å². The molecule has 0 amide bonds. The minimum Gasteiger partial charge on any atom is -0.493 e. The molecule has 136 valence electrons. The maximum Gasteiger partial charge on any atom is 0.260 e. The van der Waals surface area contributed by atoms with E-state index in [9.17, 15) is 4.39 Å². The van der Waals surface area contributed by atoms with Gasteiger partial charge in [0.05, 0.1) is 13.7 Å². The van der Waals surface area contributed by atoms with Crippen LogP contribution in [0.5, 0.6) is 11.5 Å². The van der Waals surface area contributed by atoms with E-state index in [2.05, 4.69) is 21.0 Å². The Morgan fingerprint density at radius 2 is 2.04 bits per heavy atom. The second kappa shape index (κ2) is 7.87. The van der Waals surface area contributed by atoms with Crippen LogP contribution in [0.4, 0.5) is 10.3 Å². The fourth-order valence-corrected chi connectivity index (χ4v) is 2.44. The first-order chi connectivity index (χ1) is 12.6. The quantitative estimate of drug-likeness (QED) is 0.651. The van der Waals surface area contributed by atoms with E-state index in [1.54, 1.807) is 30.3 Å². The number of rotatable bonds is 7. The van der Waals surface area contributed by atoms with Crippen LogP contribution in [-0.4, -0.2) is 27.4 Å². The highest BCUT2D eigenvalue weighted by atomic mass is 35.5. The van der Waals surface area contributed by atoms with Gasteiger partial charge >= 0.3 is 0 Å². The summed E-state index contributed by atoms with van der Waals surface area (Å²) in [5.41, 5.74) is 9.65. The first-order valence-electron chi connectivity index (χ1n) is 7.59. The van der Waals surface area contributed by atoms with Crippen LogP contribution >= 0.6 is 11.6 Å². The number of nitrogens with two attached hydrogens (primary N) is 1. The summed E-state index contributed by atoms with van der Waals surface area (Å²) >= 11 is 6.31. The first-order valence-corrected chi connectivity index (χ1v) is 7.96. The molecule has 0 saturated carbocycles. The summed E-state index contributed by atoms with van der Waals surface area (Å²) < 4.78 is 24.7. The molecule has 1 aromatic heterocycles. The highest BCUT2D eigenvalue weighted by Crippen LogP contribution is 2.34. The number of ether oxygens (including phenoxy) is 2. The number of hydrogen-bond donors (Lipinski definition) is 2. The molecule has 3 rings (SSSR count). The molecule has 3 N–H and O–H groups in total. The fraction of sp³-hybridized carbons (Fsp3) is 0.188. The van der Waals surface area contributed by atoms with E-state index in [0.717, 1.165) is 5.56 Å². The van der Waals surface area contributed by atoms with E-state index in [4.69, 9.17) is 26.8 Å². The molecule has 0 unspecified atom stereocenters. The molecule has 8 nitrogen and oxygen atoms in total. The summed E-state index contributed by atoms with van der Waals surface area (Å²) in [5.74, 6) is 0.661. The van der Waals surface area contributed by atoms with E-state index < -0.39 is 0 Å². The van der Waals surface area contributed by atoms with Crippen molar-refractivity contribution in [2.45, 2.75) is 13.2 Å². The molecule has 1 heterocycles. The molecule has 0 aliphatic heterocycles. The van der Waals surface area contributed by atoms with Crippen molar-refractivity contribution in [3.8, 4) is 11.5 Å². The molecule has 26 heavy (non-hydrogen) atoms. The topological polar surface area (TPSA) is 100 Å². The van der Waals surface area contributed by atoms with E-state index in [-0.39, 0.29) is 18.4 Å². The summed E-state index contributed by atoms with van der Waals surface area (Å²) in [4.78, 5) is 1.23. The predicted octanol–water partition coefficient (Wildman–Crippen LogP) is 2.38. The fourth-order valence-electron chi connectivity index (χ4n) is 2.22. The Balaban J connectivity index is 1.74. The van der Waals surface area contributed by atoms with Crippen molar-refractivity contribution in [3.05, 3.63) is 58.4 Å². The lowest BCUT2D eigenvalue weighted by Crippen LogP contribution is -2.18. The van der Waals surface area contributed by atoms with Gasteiger partial charge in [-0.25, -0.2) is 4.39 Å². The number of nitrogens with zero attached hydrogens (tertiary/aromatic N) is 4. The number of nitrogens with one attached hydrogen (secondary N) is 1. The second-order valence-electron chi connectivity index (χ2n) is 5.26. The lowest BCUT2D eigenvalue weighted by molar-refractivity contribution is 0.279. The van der Waals surface area contributed by atoms with Crippen molar-refractivity contribution < 1.29 is 13.9 Å². The lowest BCUT2D eigenvalue weighted by Gasteiger charge is -2.15. The van der Waals surface area contributed by atoms with Gasteiger partial charge in [0.25, 0.3) is 5.95 Å². The Morgan fingerprint density at radius 1 is 1.23 bits per heavy atom. The van der Waals surface area contributed by atoms with Gasteiger partial charge in [-0.15, -0.1) is 4.79 Å². The van der Waals surface area contributed by atoms with Gasteiger partial charge in [-0.1, -0.05) is 34.9 Å². The Bertz CT molecular complexity index is 904. The van der Waals surface area contributed by atoms with Crippen molar-refractivity contribution in [2.75, 3.05) is 18.3 Å². The van der Waals surface area contributed by atoms with E-state index >= 15 is 0 Å². The number of benzene rings is 2. The van der Waals surface area contributed by atoms with Crippen molar-refractivity contribution in [2.24, 2.45) is 0 Å². The smallest absolute Gasteiger partial charge is 0.260 e. The molecule has 0 saturated heterocycles. The summed E-state index contributed by atoms with van der Waals surface area (Å²) in [6.07, 6.45) is 0. The molecule has 0 atom stereocenters. The zero-order chi connectivity index (χ0) is 18.5. The summed E-state index contributed by atoms with van der Waals surface area (Å²) in [6.45, 7) is 0.357. The summed E-state index contributed by atoms with van der Waals surface area (Å²) in [6, 6.07) is 9.72. The third-order valence-electron chi connectivity index (χ3n) is 3.59. The SMILES string of the molecule is COc1cc(CNn2nnnc2N)c(Cl)cc1OCc1ccccc1F. The van der Waals surface area contributed by atoms with Crippen LogP contribution in [0.3, 0.4) is 0 Å². The Morgan fingerprint density at radius 3 is 2.73 bits per heavy atom. The number of tetrazole rings is 1. The summed E-state index contributed by atoms with van der Waals surface area (Å²) in [5, 5.41) is 11.1. The number of nitrogen functional groups attached to an aromatic ring is 1. The van der Waals surface area contributed by atoms with Gasteiger partial charge in [-0.3, -0.25) is 0 Å². The maximum absolute atomic E-state index is 13.7. The zero-order valence-electron chi connectivity index (χ0n) is 13.8. The van der Waals surface area contributed by atoms with Crippen molar-refractivity contribution in [3.63, 3.8) is 0 Å².